The zero-order valence-corrected chi connectivity index (χ0v) is 10.2. The van der Waals surface area contributed by atoms with Gasteiger partial charge in [-0.2, -0.15) is 0 Å². The molecule has 0 radical (unpaired) electrons. The lowest BCUT2D eigenvalue weighted by molar-refractivity contribution is -0.146. The number of nitrogens with one attached hydrogen (secondary N) is 1. The van der Waals surface area contributed by atoms with Crippen LogP contribution in [0.1, 0.15) is 42.4 Å². The van der Waals surface area contributed by atoms with Crippen molar-refractivity contribution in [2.45, 2.75) is 32.3 Å². The lowest BCUT2D eigenvalue weighted by Gasteiger charge is -2.05. The van der Waals surface area contributed by atoms with Crippen molar-refractivity contribution in [3.8, 4) is 0 Å². The maximum Gasteiger partial charge on any atom is 0.332 e. The third-order valence-corrected chi connectivity index (χ3v) is 2.32. The monoisotopic (exact) mass is 256 g/mol. The number of amides is 1. The summed E-state index contributed by atoms with van der Waals surface area (Å²) in [6.07, 6.45) is -1.54. The largest absolute Gasteiger partial charge is 0.479 e. The van der Waals surface area contributed by atoms with Gasteiger partial charge in [-0.05, 0) is 0 Å². The number of hydrogen-bond donors (Lipinski definition) is 3. The Labute approximate surface area is 104 Å². The van der Waals surface area contributed by atoms with Crippen molar-refractivity contribution in [3.05, 3.63) is 17.5 Å². The summed E-state index contributed by atoms with van der Waals surface area (Å²) >= 11 is 0. The van der Waals surface area contributed by atoms with Crippen molar-refractivity contribution in [1.82, 2.24) is 10.5 Å². The third kappa shape index (κ3) is 3.85. The third-order valence-electron chi connectivity index (χ3n) is 2.32. The highest BCUT2D eigenvalue weighted by atomic mass is 16.5. The normalized spacial score (nSPS) is 12.4. The van der Waals surface area contributed by atoms with E-state index in [9.17, 15) is 9.59 Å². The van der Waals surface area contributed by atoms with Gasteiger partial charge in [-0.15, -0.1) is 0 Å². The maximum atomic E-state index is 11.6. The van der Waals surface area contributed by atoms with Gasteiger partial charge in [-0.3, -0.25) is 4.79 Å². The van der Waals surface area contributed by atoms with Gasteiger partial charge in [0.2, 0.25) is 0 Å². The smallest absolute Gasteiger partial charge is 0.332 e. The Morgan fingerprint density at radius 3 is 2.67 bits per heavy atom. The molecule has 1 aromatic heterocycles. The number of rotatable bonds is 6. The molecular weight excluding hydrogens is 240 g/mol. The van der Waals surface area contributed by atoms with Gasteiger partial charge in [0.05, 0.1) is 0 Å². The Morgan fingerprint density at radius 2 is 2.17 bits per heavy atom. The van der Waals surface area contributed by atoms with Crippen molar-refractivity contribution in [1.29, 1.82) is 0 Å². The molecule has 0 fully saturated rings. The van der Waals surface area contributed by atoms with Gasteiger partial charge in [0.15, 0.2) is 11.8 Å². The van der Waals surface area contributed by atoms with Crippen LogP contribution in [0.5, 0.6) is 0 Å². The number of carboxylic acids is 1. The Morgan fingerprint density at radius 1 is 1.50 bits per heavy atom. The molecule has 18 heavy (non-hydrogen) atoms. The SMILES string of the molecule is CC(C)c1cc(C(=O)NCC[C@H](O)C(=O)O)no1. The first-order chi connectivity index (χ1) is 8.41. The Bertz CT molecular complexity index is 427. The second kappa shape index (κ2) is 6.15. The van der Waals surface area contributed by atoms with E-state index in [-0.39, 0.29) is 24.6 Å². The van der Waals surface area contributed by atoms with Gasteiger partial charge >= 0.3 is 5.97 Å². The number of hydrogen-bond acceptors (Lipinski definition) is 5. The lowest BCUT2D eigenvalue weighted by atomic mass is 10.1. The molecule has 0 spiro atoms. The molecule has 0 saturated heterocycles. The number of aromatic nitrogens is 1. The molecule has 0 aliphatic rings. The fraction of sp³-hybridized carbons (Fsp3) is 0.545. The summed E-state index contributed by atoms with van der Waals surface area (Å²) in [7, 11) is 0. The zero-order chi connectivity index (χ0) is 13.7. The molecule has 1 heterocycles. The van der Waals surface area contributed by atoms with Gasteiger partial charge < -0.3 is 20.1 Å². The molecule has 1 aromatic rings. The first-order valence-corrected chi connectivity index (χ1v) is 5.57. The molecule has 0 bridgehead atoms. The average Bonchev–Trinajstić information content (AvgIpc) is 2.77. The van der Waals surface area contributed by atoms with E-state index in [0.29, 0.717) is 5.76 Å². The summed E-state index contributed by atoms with van der Waals surface area (Å²) in [5.74, 6) is -1.03. The molecular formula is C11H16N2O5. The highest BCUT2D eigenvalue weighted by Crippen LogP contribution is 2.14. The summed E-state index contributed by atoms with van der Waals surface area (Å²) in [5, 5.41) is 23.5. The predicted octanol–water partition coefficient (Wildman–Crippen LogP) is 0.363. The first-order valence-electron chi connectivity index (χ1n) is 5.57. The van der Waals surface area contributed by atoms with Gasteiger partial charge in [0, 0.05) is 24.9 Å². The fourth-order valence-electron chi connectivity index (χ4n) is 1.20. The number of aliphatic carboxylic acids is 1. The van der Waals surface area contributed by atoms with Crippen molar-refractivity contribution < 1.29 is 24.3 Å². The van der Waals surface area contributed by atoms with Gasteiger partial charge in [0.25, 0.3) is 5.91 Å². The standard InChI is InChI=1S/C11H16N2O5/c1-6(2)9-5-7(13-18-9)10(15)12-4-3-8(14)11(16)17/h5-6,8,14H,3-4H2,1-2H3,(H,12,15)(H,16,17)/t8-/m0/s1. The van der Waals surface area contributed by atoms with Gasteiger partial charge in [-0.25, -0.2) is 4.79 Å². The molecule has 0 unspecified atom stereocenters. The maximum absolute atomic E-state index is 11.6. The van der Waals surface area contributed by atoms with Gasteiger partial charge in [0.1, 0.15) is 5.76 Å². The summed E-state index contributed by atoms with van der Waals surface area (Å²) < 4.78 is 4.96. The van der Waals surface area contributed by atoms with E-state index < -0.39 is 18.0 Å². The second-order valence-electron chi connectivity index (χ2n) is 4.17. The molecule has 0 aromatic carbocycles. The van der Waals surface area contributed by atoms with E-state index in [2.05, 4.69) is 10.5 Å². The summed E-state index contributed by atoms with van der Waals surface area (Å²) in [6, 6.07) is 1.54. The van der Waals surface area contributed by atoms with Crippen LogP contribution in [0.3, 0.4) is 0 Å². The van der Waals surface area contributed by atoms with E-state index in [1.807, 2.05) is 13.8 Å². The van der Waals surface area contributed by atoms with Gasteiger partial charge in [-0.1, -0.05) is 19.0 Å². The van der Waals surface area contributed by atoms with Crippen molar-refractivity contribution in [2.24, 2.45) is 0 Å². The van der Waals surface area contributed by atoms with Crippen LogP contribution in [0.25, 0.3) is 0 Å². The molecule has 1 atom stereocenters. The number of aliphatic hydroxyl groups excluding tert-OH is 1. The summed E-state index contributed by atoms with van der Waals surface area (Å²) in [5.41, 5.74) is 0.142. The minimum Gasteiger partial charge on any atom is -0.479 e. The molecule has 7 heteroatoms. The van der Waals surface area contributed by atoms with Crippen LogP contribution in [0.2, 0.25) is 0 Å². The number of aliphatic hydroxyl groups is 1. The van der Waals surface area contributed by atoms with Crippen molar-refractivity contribution in [2.75, 3.05) is 6.54 Å². The van der Waals surface area contributed by atoms with Crippen LogP contribution in [0, 0.1) is 0 Å². The highest BCUT2D eigenvalue weighted by molar-refractivity contribution is 5.92. The second-order valence-corrected chi connectivity index (χ2v) is 4.17. The quantitative estimate of drug-likeness (QED) is 0.677. The van der Waals surface area contributed by atoms with Crippen LogP contribution >= 0.6 is 0 Å². The molecule has 1 amide bonds. The molecule has 0 saturated carbocycles. The number of carboxylic acid groups (broad SMARTS) is 1. The molecule has 100 valence electrons. The minimum absolute atomic E-state index is 0.0518. The van der Waals surface area contributed by atoms with Crippen LogP contribution in [-0.4, -0.2) is 39.9 Å². The number of carbonyl (C=O) groups is 2. The van der Waals surface area contributed by atoms with Crippen LogP contribution in [-0.2, 0) is 4.79 Å². The average molecular weight is 256 g/mol. The molecule has 0 aliphatic carbocycles. The fourth-order valence-corrected chi connectivity index (χ4v) is 1.20. The van der Waals surface area contributed by atoms with Crippen molar-refractivity contribution >= 4 is 11.9 Å². The number of carbonyl (C=O) groups excluding carboxylic acids is 1. The van der Waals surface area contributed by atoms with E-state index in [0.717, 1.165) is 0 Å². The molecule has 3 N–H and O–H groups in total. The van der Waals surface area contributed by atoms with Crippen LogP contribution in [0.15, 0.2) is 10.6 Å². The molecule has 0 aliphatic heterocycles. The van der Waals surface area contributed by atoms with Crippen molar-refractivity contribution in [3.63, 3.8) is 0 Å². The molecule has 1 rings (SSSR count). The van der Waals surface area contributed by atoms with E-state index in [4.69, 9.17) is 14.7 Å². The lowest BCUT2D eigenvalue weighted by Crippen LogP contribution is -2.30. The zero-order valence-electron chi connectivity index (χ0n) is 10.2. The van der Waals surface area contributed by atoms with Crippen LogP contribution < -0.4 is 5.32 Å². The van der Waals surface area contributed by atoms with E-state index in [1.165, 1.54) is 6.07 Å². The predicted molar refractivity (Wildman–Crippen MR) is 61.2 cm³/mol. The topological polar surface area (TPSA) is 113 Å². The van der Waals surface area contributed by atoms with E-state index in [1.54, 1.807) is 0 Å². The first kappa shape index (κ1) is 14.2. The summed E-state index contributed by atoms with van der Waals surface area (Å²) in [4.78, 5) is 21.9. The van der Waals surface area contributed by atoms with Crippen LogP contribution in [0.4, 0.5) is 0 Å². The number of nitrogens with zero attached hydrogens (tertiary/aromatic N) is 1. The van der Waals surface area contributed by atoms with E-state index >= 15 is 0 Å². The molecule has 7 nitrogen and oxygen atoms in total. The summed E-state index contributed by atoms with van der Waals surface area (Å²) in [6.45, 7) is 3.87. The Balaban J connectivity index is 2.43. The Kier molecular flexibility index (Phi) is 4.85. The minimum atomic E-state index is -1.48. The Hall–Kier alpha value is -1.89. The highest BCUT2D eigenvalue weighted by Gasteiger charge is 2.16.